The number of nitrogens with one attached hydrogen (secondary N) is 1. The van der Waals surface area contributed by atoms with Crippen molar-refractivity contribution in [3.05, 3.63) is 59.8 Å². The second-order valence-electron chi connectivity index (χ2n) is 6.22. The Balaban J connectivity index is 1.65. The Morgan fingerprint density at radius 1 is 1.14 bits per heavy atom. The first kappa shape index (κ1) is 13.5. The molecule has 3 aromatic rings. The van der Waals surface area contributed by atoms with E-state index in [1.165, 1.54) is 29.4 Å². The van der Waals surface area contributed by atoms with Crippen LogP contribution in [0.5, 0.6) is 0 Å². The first-order valence-electron chi connectivity index (χ1n) is 8.07. The van der Waals surface area contributed by atoms with Crippen LogP contribution in [-0.4, -0.2) is 22.9 Å². The van der Waals surface area contributed by atoms with Crippen LogP contribution >= 0.6 is 0 Å². The molecule has 0 spiro atoms. The van der Waals surface area contributed by atoms with E-state index in [4.69, 9.17) is 5.10 Å². The molecule has 1 aliphatic heterocycles. The van der Waals surface area contributed by atoms with Crippen LogP contribution in [0.4, 0.5) is 0 Å². The SMILES string of the molecule is Cc1cccc2cn(-c3ccc([C@@H]4CCCNC4)cc3)nc12. The normalized spacial score (nSPS) is 18.7. The van der Waals surface area contributed by atoms with Gasteiger partial charge in [0.2, 0.25) is 0 Å². The minimum atomic E-state index is 0.654. The Morgan fingerprint density at radius 2 is 2.00 bits per heavy atom. The molecule has 0 saturated carbocycles. The number of benzene rings is 2. The molecule has 1 fully saturated rings. The van der Waals surface area contributed by atoms with E-state index in [0.29, 0.717) is 5.92 Å². The van der Waals surface area contributed by atoms with Crippen LogP contribution in [0.3, 0.4) is 0 Å². The quantitative estimate of drug-likeness (QED) is 0.778. The van der Waals surface area contributed by atoms with Crippen LogP contribution in [0.25, 0.3) is 16.6 Å². The van der Waals surface area contributed by atoms with Crippen LogP contribution in [0, 0.1) is 6.92 Å². The average molecular weight is 291 g/mol. The predicted octanol–water partition coefficient (Wildman–Crippen LogP) is 3.80. The van der Waals surface area contributed by atoms with Gasteiger partial charge < -0.3 is 5.32 Å². The van der Waals surface area contributed by atoms with Gasteiger partial charge in [0, 0.05) is 18.1 Å². The van der Waals surface area contributed by atoms with Gasteiger partial charge in [-0.2, -0.15) is 5.10 Å². The highest BCUT2D eigenvalue weighted by Crippen LogP contribution is 2.25. The van der Waals surface area contributed by atoms with Crippen LogP contribution in [0.2, 0.25) is 0 Å². The number of hydrogen-bond acceptors (Lipinski definition) is 2. The summed E-state index contributed by atoms with van der Waals surface area (Å²) in [6.45, 7) is 4.37. The van der Waals surface area contributed by atoms with Crippen LogP contribution < -0.4 is 5.32 Å². The van der Waals surface area contributed by atoms with Crippen molar-refractivity contribution in [3.8, 4) is 5.69 Å². The fourth-order valence-corrected chi connectivity index (χ4v) is 3.36. The van der Waals surface area contributed by atoms with E-state index in [1.807, 2.05) is 4.68 Å². The maximum atomic E-state index is 4.73. The Kier molecular flexibility index (Phi) is 3.43. The van der Waals surface area contributed by atoms with Crippen molar-refractivity contribution in [2.75, 3.05) is 13.1 Å². The van der Waals surface area contributed by atoms with Gasteiger partial charge in [-0.25, -0.2) is 4.68 Å². The zero-order valence-corrected chi connectivity index (χ0v) is 12.9. The summed E-state index contributed by atoms with van der Waals surface area (Å²) >= 11 is 0. The molecule has 112 valence electrons. The van der Waals surface area contributed by atoms with Crippen molar-refractivity contribution in [2.24, 2.45) is 0 Å². The van der Waals surface area contributed by atoms with E-state index >= 15 is 0 Å². The van der Waals surface area contributed by atoms with E-state index in [0.717, 1.165) is 24.3 Å². The molecule has 2 aromatic carbocycles. The number of rotatable bonds is 2. The number of aryl methyl sites for hydroxylation is 1. The Bertz CT molecular complexity index is 780. The van der Waals surface area contributed by atoms with Crippen LogP contribution in [-0.2, 0) is 0 Å². The molecule has 3 nitrogen and oxygen atoms in total. The van der Waals surface area contributed by atoms with E-state index in [2.05, 4.69) is 60.9 Å². The molecule has 1 N–H and O–H groups in total. The topological polar surface area (TPSA) is 29.9 Å². The number of nitrogens with zero attached hydrogens (tertiary/aromatic N) is 2. The molecule has 4 rings (SSSR count). The molecule has 0 radical (unpaired) electrons. The summed E-state index contributed by atoms with van der Waals surface area (Å²) in [7, 11) is 0. The summed E-state index contributed by atoms with van der Waals surface area (Å²) in [5, 5.41) is 9.41. The van der Waals surface area contributed by atoms with Gasteiger partial charge in [-0.05, 0) is 55.5 Å². The minimum absolute atomic E-state index is 0.654. The van der Waals surface area contributed by atoms with Crippen molar-refractivity contribution in [1.29, 1.82) is 0 Å². The minimum Gasteiger partial charge on any atom is -0.316 e. The highest BCUT2D eigenvalue weighted by atomic mass is 15.3. The lowest BCUT2D eigenvalue weighted by Crippen LogP contribution is -2.28. The molecule has 0 amide bonds. The third-order valence-corrected chi connectivity index (χ3v) is 4.66. The maximum Gasteiger partial charge on any atom is 0.0956 e. The highest BCUT2D eigenvalue weighted by Gasteiger charge is 2.15. The van der Waals surface area contributed by atoms with Crippen molar-refractivity contribution < 1.29 is 0 Å². The average Bonchev–Trinajstić information content (AvgIpc) is 3.02. The van der Waals surface area contributed by atoms with Crippen molar-refractivity contribution in [2.45, 2.75) is 25.7 Å². The number of piperidine rings is 1. The number of aromatic nitrogens is 2. The fraction of sp³-hybridized carbons (Fsp3) is 0.316. The molecule has 0 unspecified atom stereocenters. The zero-order chi connectivity index (χ0) is 14.9. The lowest BCUT2D eigenvalue weighted by molar-refractivity contribution is 0.461. The van der Waals surface area contributed by atoms with Gasteiger partial charge in [0.05, 0.1) is 11.2 Å². The smallest absolute Gasteiger partial charge is 0.0956 e. The molecule has 22 heavy (non-hydrogen) atoms. The van der Waals surface area contributed by atoms with Gasteiger partial charge in [-0.15, -0.1) is 0 Å². The zero-order valence-electron chi connectivity index (χ0n) is 12.9. The molecule has 1 atom stereocenters. The van der Waals surface area contributed by atoms with E-state index in [9.17, 15) is 0 Å². The van der Waals surface area contributed by atoms with Gasteiger partial charge in [-0.1, -0.05) is 30.3 Å². The largest absolute Gasteiger partial charge is 0.316 e. The highest BCUT2D eigenvalue weighted by molar-refractivity contribution is 5.81. The predicted molar refractivity (Wildman–Crippen MR) is 90.7 cm³/mol. The second-order valence-corrected chi connectivity index (χ2v) is 6.22. The molecule has 1 aromatic heterocycles. The van der Waals surface area contributed by atoms with Gasteiger partial charge in [0.1, 0.15) is 0 Å². The molecule has 2 heterocycles. The summed E-state index contributed by atoms with van der Waals surface area (Å²) < 4.78 is 1.99. The molecular weight excluding hydrogens is 270 g/mol. The Labute approximate surface area is 131 Å². The monoisotopic (exact) mass is 291 g/mol. The molecular formula is C19H21N3. The summed E-state index contributed by atoms with van der Waals surface area (Å²) in [5.74, 6) is 0.654. The summed E-state index contributed by atoms with van der Waals surface area (Å²) in [4.78, 5) is 0. The van der Waals surface area contributed by atoms with E-state index < -0.39 is 0 Å². The lowest BCUT2D eigenvalue weighted by Gasteiger charge is -2.23. The maximum absolute atomic E-state index is 4.73. The van der Waals surface area contributed by atoms with Gasteiger partial charge >= 0.3 is 0 Å². The fourth-order valence-electron chi connectivity index (χ4n) is 3.36. The van der Waals surface area contributed by atoms with Crippen LogP contribution in [0.1, 0.15) is 29.9 Å². The Morgan fingerprint density at radius 3 is 2.73 bits per heavy atom. The number of hydrogen-bond donors (Lipinski definition) is 1. The van der Waals surface area contributed by atoms with E-state index in [1.54, 1.807) is 0 Å². The standard InChI is InChI=1S/C19H21N3/c1-14-4-2-5-17-13-22(21-19(14)17)18-9-7-15(8-10-18)16-6-3-11-20-12-16/h2,4-5,7-10,13,16,20H,3,6,11-12H2,1H3/t16-/m1/s1. The molecule has 0 aliphatic carbocycles. The Hall–Kier alpha value is -2.13. The van der Waals surface area contributed by atoms with Crippen molar-refractivity contribution in [3.63, 3.8) is 0 Å². The van der Waals surface area contributed by atoms with Gasteiger partial charge in [0.15, 0.2) is 0 Å². The van der Waals surface area contributed by atoms with Crippen molar-refractivity contribution in [1.82, 2.24) is 15.1 Å². The van der Waals surface area contributed by atoms with Crippen molar-refractivity contribution >= 4 is 10.9 Å². The lowest BCUT2D eigenvalue weighted by atomic mass is 9.92. The first-order valence-corrected chi connectivity index (χ1v) is 8.07. The van der Waals surface area contributed by atoms with Gasteiger partial charge in [0.25, 0.3) is 0 Å². The summed E-state index contributed by atoms with van der Waals surface area (Å²) in [6, 6.07) is 15.2. The third kappa shape index (κ3) is 2.42. The number of fused-ring (bicyclic) bond motifs is 1. The van der Waals surface area contributed by atoms with Gasteiger partial charge in [-0.3, -0.25) is 0 Å². The summed E-state index contributed by atoms with van der Waals surface area (Å²) in [5.41, 5.74) is 4.87. The summed E-state index contributed by atoms with van der Waals surface area (Å²) in [6.07, 6.45) is 4.67. The molecule has 3 heteroatoms. The third-order valence-electron chi connectivity index (χ3n) is 4.66. The molecule has 0 bridgehead atoms. The van der Waals surface area contributed by atoms with Crippen LogP contribution in [0.15, 0.2) is 48.7 Å². The molecule has 1 aliphatic rings. The second kappa shape index (κ2) is 5.58. The first-order chi connectivity index (χ1) is 10.8. The van der Waals surface area contributed by atoms with E-state index in [-0.39, 0.29) is 0 Å². The molecule has 1 saturated heterocycles.